The predicted molar refractivity (Wildman–Crippen MR) is 110 cm³/mol. The lowest BCUT2D eigenvalue weighted by molar-refractivity contribution is 0.993. The fourth-order valence-corrected chi connectivity index (χ4v) is 3.03. The van der Waals surface area contributed by atoms with Crippen molar-refractivity contribution in [1.29, 1.82) is 0 Å². The fraction of sp³-hybridized carbons (Fsp3) is 0.0417. The molecule has 0 aliphatic rings. The average molecular weight is 354 g/mol. The third-order valence-electron chi connectivity index (χ3n) is 4.29. The van der Waals surface area contributed by atoms with Crippen LogP contribution in [0.25, 0.3) is 44.3 Å². The van der Waals surface area contributed by atoms with E-state index in [0.29, 0.717) is 17.2 Å². The fourth-order valence-electron chi connectivity index (χ4n) is 3.03. The number of nitrogens with zero attached hydrogens (tertiary/aromatic N) is 3. The lowest BCUT2D eigenvalue weighted by Crippen LogP contribution is -2.00. The second kappa shape index (κ2) is 6.29. The van der Waals surface area contributed by atoms with Gasteiger partial charge in [0.15, 0.2) is 11.6 Å². The van der Waals surface area contributed by atoms with Crippen LogP contribution in [0, 0.1) is 6.92 Å². The summed E-state index contributed by atoms with van der Waals surface area (Å²) in [5.41, 5.74) is 0.696. The van der Waals surface area contributed by atoms with E-state index in [1.165, 1.54) is 0 Å². The second-order valence-electron chi connectivity index (χ2n) is 6.09. The van der Waals surface area contributed by atoms with Crippen LogP contribution in [0.3, 0.4) is 0 Å². The average Bonchev–Trinajstić information content (AvgIpc) is 2.83. The molecule has 0 aliphatic carbocycles. The van der Waals surface area contributed by atoms with Crippen LogP contribution in [0.1, 0.15) is 15.4 Å². The summed E-state index contributed by atoms with van der Waals surface area (Å²) < 4.78 is 57.9. The van der Waals surface area contributed by atoms with Crippen LogP contribution in [-0.4, -0.2) is 15.0 Å². The van der Waals surface area contributed by atoms with Gasteiger partial charge >= 0.3 is 0 Å². The Labute approximate surface area is 167 Å². The van der Waals surface area contributed by atoms with Crippen molar-refractivity contribution in [1.82, 2.24) is 15.0 Å². The van der Waals surface area contributed by atoms with E-state index in [0.717, 1.165) is 10.8 Å². The Bertz CT molecular complexity index is 1640. The number of hydrogen-bond donors (Lipinski definition) is 0. The van der Waals surface area contributed by atoms with E-state index in [2.05, 4.69) is 15.0 Å². The maximum Gasteiger partial charge on any atom is 0.164 e. The molecule has 0 unspecified atom stereocenters. The Balaban J connectivity index is 1.85. The largest absolute Gasteiger partial charge is 0.213 e. The molecular weight excluding hydrogens is 330 g/mol. The standard InChI is InChI=1S/C24H17N3/c1-16-25-23(20-14-13-17-7-2-3-9-19(17)15-20)27-24(26-16)22-12-6-10-18-8-4-5-11-21(18)22/h2-15H,1H3/i4D,5D,6D,8D,10D,11D,12D. The number of hydrogen-bond acceptors (Lipinski definition) is 3. The molecule has 0 amide bonds. The number of rotatable bonds is 2. The molecule has 1 heterocycles. The highest BCUT2D eigenvalue weighted by molar-refractivity contribution is 5.95. The lowest BCUT2D eigenvalue weighted by Gasteiger charge is -2.09. The summed E-state index contributed by atoms with van der Waals surface area (Å²) in [6.45, 7) is 1.66. The van der Waals surface area contributed by atoms with Crippen LogP contribution in [0.4, 0.5) is 0 Å². The summed E-state index contributed by atoms with van der Waals surface area (Å²) >= 11 is 0. The van der Waals surface area contributed by atoms with E-state index in [9.17, 15) is 0 Å². The zero-order valence-electron chi connectivity index (χ0n) is 21.4. The Hall–Kier alpha value is -3.59. The molecule has 0 N–H and O–H groups in total. The quantitative estimate of drug-likeness (QED) is 0.401. The maximum atomic E-state index is 8.54. The minimum absolute atomic E-state index is 0.0178. The first kappa shape index (κ1) is 9.93. The van der Waals surface area contributed by atoms with Crippen molar-refractivity contribution in [3.05, 3.63) is 90.6 Å². The zero-order valence-corrected chi connectivity index (χ0v) is 14.4. The molecule has 0 saturated carbocycles. The number of fused-ring (bicyclic) bond motifs is 2. The van der Waals surface area contributed by atoms with Gasteiger partial charge in [-0.2, -0.15) is 0 Å². The van der Waals surface area contributed by atoms with Gasteiger partial charge < -0.3 is 0 Å². The smallest absolute Gasteiger partial charge is 0.164 e. The Morgan fingerprint density at radius 1 is 0.704 bits per heavy atom. The lowest BCUT2D eigenvalue weighted by atomic mass is 10.0. The van der Waals surface area contributed by atoms with Crippen molar-refractivity contribution in [3.8, 4) is 22.8 Å². The summed E-state index contributed by atoms with van der Waals surface area (Å²) in [5, 5.41) is 1.87. The number of aromatic nitrogens is 3. The van der Waals surface area contributed by atoms with Gasteiger partial charge in [-0.05, 0) is 34.5 Å². The van der Waals surface area contributed by atoms with Gasteiger partial charge in [-0.25, -0.2) is 15.0 Å². The van der Waals surface area contributed by atoms with Crippen molar-refractivity contribution in [2.75, 3.05) is 0 Å². The molecule has 1 aromatic heterocycles. The first-order valence-corrected chi connectivity index (χ1v) is 8.41. The highest BCUT2D eigenvalue weighted by Gasteiger charge is 2.11. The molecule has 3 heteroatoms. The molecule has 5 aromatic rings. The van der Waals surface area contributed by atoms with Crippen LogP contribution < -0.4 is 0 Å². The van der Waals surface area contributed by atoms with E-state index in [1.54, 1.807) is 6.92 Å². The van der Waals surface area contributed by atoms with E-state index in [-0.39, 0.29) is 28.2 Å². The molecule has 27 heavy (non-hydrogen) atoms. The normalized spacial score (nSPS) is 14.8. The molecule has 5 rings (SSSR count). The van der Waals surface area contributed by atoms with Gasteiger partial charge in [-0.1, -0.05) is 78.7 Å². The van der Waals surface area contributed by atoms with Gasteiger partial charge in [0, 0.05) is 11.1 Å². The summed E-state index contributed by atoms with van der Waals surface area (Å²) in [6.07, 6.45) is 0. The van der Waals surface area contributed by atoms with E-state index < -0.39 is 36.3 Å². The third-order valence-corrected chi connectivity index (χ3v) is 4.29. The molecule has 0 fully saturated rings. The molecule has 0 atom stereocenters. The second-order valence-corrected chi connectivity index (χ2v) is 6.09. The van der Waals surface area contributed by atoms with Crippen molar-refractivity contribution in [3.63, 3.8) is 0 Å². The Kier molecular flexibility index (Phi) is 2.31. The monoisotopic (exact) mass is 354 g/mol. The van der Waals surface area contributed by atoms with Crippen molar-refractivity contribution >= 4 is 21.5 Å². The first-order chi connectivity index (χ1) is 16.2. The maximum absolute atomic E-state index is 8.54. The van der Waals surface area contributed by atoms with E-state index >= 15 is 0 Å². The molecule has 3 nitrogen and oxygen atoms in total. The molecule has 0 saturated heterocycles. The summed E-state index contributed by atoms with van der Waals surface area (Å²) in [7, 11) is 0. The summed E-state index contributed by atoms with van der Waals surface area (Å²) in [4.78, 5) is 13.3. The zero-order chi connectivity index (χ0) is 24.3. The van der Waals surface area contributed by atoms with Crippen molar-refractivity contribution in [2.24, 2.45) is 0 Å². The van der Waals surface area contributed by atoms with Gasteiger partial charge in [0.2, 0.25) is 0 Å². The SMILES string of the molecule is [2H]c1c([2H])c([2H])c2c(-c3nc(C)nc(-c4ccc5ccccc5c4)n3)c([2H])c([2H])c([2H])c2c1[2H]. The minimum atomic E-state index is -0.502. The highest BCUT2D eigenvalue weighted by atomic mass is 15.0. The van der Waals surface area contributed by atoms with Crippen LogP contribution in [0.5, 0.6) is 0 Å². The molecule has 0 radical (unpaired) electrons. The number of aryl methyl sites for hydroxylation is 1. The molecule has 4 aromatic carbocycles. The van der Waals surface area contributed by atoms with Gasteiger partial charge in [0.05, 0.1) is 9.60 Å². The summed E-state index contributed by atoms with van der Waals surface area (Å²) in [5.74, 6) is 0.704. The van der Waals surface area contributed by atoms with E-state index in [4.69, 9.17) is 9.60 Å². The van der Waals surface area contributed by atoms with Gasteiger partial charge in [0.25, 0.3) is 0 Å². The molecular formula is C24H17N3. The minimum Gasteiger partial charge on any atom is -0.213 e. The molecule has 0 bridgehead atoms. The highest BCUT2D eigenvalue weighted by Crippen LogP contribution is 2.28. The van der Waals surface area contributed by atoms with Crippen LogP contribution in [0.15, 0.2) is 84.8 Å². The van der Waals surface area contributed by atoms with E-state index in [1.807, 2.05) is 42.5 Å². The number of benzene rings is 4. The van der Waals surface area contributed by atoms with Gasteiger partial charge in [0.1, 0.15) is 5.82 Å². The predicted octanol–water partition coefficient (Wildman–Crippen LogP) is 5.82. The summed E-state index contributed by atoms with van der Waals surface area (Å²) in [6, 6.07) is 10.5. The Morgan fingerprint density at radius 3 is 2.41 bits per heavy atom. The van der Waals surface area contributed by atoms with Crippen LogP contribution >= 0.6 is 0 Å². The van der Waals surface area contributed by atoms with Crippen molar-refractivity contribution in [2.45, 2.75) is 6.92 Å². The van der Waals surface area contributed by atoms with Gasteiger partial charge in [-0.3, -0.25) is 0 Å². The third kappa shape index (κ3) is 2.83. The molecule has 0 spiro atoms. The molecule has 128 valence electrons. The molecule has 0 aliphatic heterocycles. The first-order valence-electron chi connectivity index (χ1n) is 11.9. The Morgan fingerprint density at radius 2 is 1.48 bits per heavy atom. The topological polar surface area (TPSA) is 38.7 Å². The van der Waals surface area contributed by atoms with Crippen molar-refractivity contribution < 1.29 is 9.60 Å². The van der Waals surface area contributed by atoms with Crippen LogP contribution in [-0.2, 0) is 0 Å². The van der Waals surface area contributed by atoms with Gasteiger partial charge in [-0.15, -0.1) is 0 Å². The van der Waals surface area contributed by atoms with Crippen LogP contribution in [0.2, 0.25) is 0 Å².